The maximum Gasteiger partial charge on any atom is 0.154 e. The molecule has 0 aliphatic rings. The first-order valence-corrected chi connectivity index (χ1v) is 3.10. The van der Waals surface area contributed by atoms with Gasteiger partial charge >= 0.3 is 0 Å². The molecule has 1 N–H and O–H groups in total. The fourth-order valence-corrected chi connectivity index (χ4v) is 0.575. The molecule has 3 nitrogen and oxygen atoms in total. The first-order valence-electron chi connectivity index (χ1n) is 2.66. The largest absolute Gasteiger partial charge is 0.394 e. The summed E-state index contributed by atoms with van der Waals surface area (Å²) < 4.78 is 9.48. The summed E-state index contributed by atoms with van der Waals surface area (Å²) in [5, 5.41) is 8.26. The van der Waals surface area contributed by atoms with Crippen molar-refractivity contribution in [2.24, 2.45) is 0 Å². The van der Waals surface area contributed by atoms with Crippen molar-refractivity contribution in [1.29, 1.82) is 0 Å². The Morgan fingerprint density at radius 3 is 2.78 bits per heavy atom. The highest BCUT2D eigenvalue weighted by Crippen LogP contribution is 1.96. The Morgan fingerprint density at radius 2 is 2.33 bits per heavy atom. The van der Waals surface area contributed by atoms with Crippen LogP contribution in [0, 0.1) is 0 Å². The maximum absolute atomic E-state index is 8.26. The predicted molar refractivity (Wildman–Crippen MR) is 34.6 cm³/mol. The Morgan fingerprint density at radius 1 is 1.67 bits per heavy atom. The summed E-state index contributed by atoms with van der Waals surface area (Å²) in [5.74, 6) is 0. The Labute approximate surface area is 59.5 Å². The van der Waals surface area contributed by atoms with Crippen LogP contribution in [0.1, 0.15) is 0 Å². The topological polar surface area (TPSA) is 38.7 Å². The van der Waals surface area contributed by atoms with Crippen molar-refractivity contribution in [3.05, 3.63) is 0 Å². The highest BCUT2D eigenvalue weighted by atomic mass is 35.5. The van der Waals surface area contributed by atoms with Crippen molar-refractivity contribution in [1.82, 2.24) is 0 Å². The van der Waals surface area contributed by atoms with E-state index in [0.717, 1.165) is 0 Å². The van der Waals surface area contributed by atoms with Crippen molar-refractivity contribution >= 4 is 11.6 Å². The molecule has 1 unspecified atom stereocenters. The number of halogens is 1. The molecule has 56 valence electrons. The van der Waals surface area contributed by atoms with Crippen LogP contribution in [0.2, 0.25) is 0 Å². The first kappa shape index (κ1) is 9.17. The summed E-state index contributed by atoms with van der Waals surface area (Å²) in [6, 6.07) is 0. The highest BCUT2D eigenvalue weighted by molar-refractivity contribution is 6.19. The van der Waals surface area contributed by atoms with Gasteiger partial charge in [-0.1, -0.05) is 11.6 Å². The number of hydrogen-bond acceptors (Lipinski definition) is 3. The third-order valence-electron chi connectivity index (χ3n) is 0.688. The molecule has 0 radical (unpaired) electrons. The van der Waals surface area contributed by atoms with Gasteiger partial charge in [0.1, 0.15) is 0 Å². The van der Waals surface area contributed by atoms with Gasteiger partial charge in [-0.15, -0.1) is 0 Å². The summed E-state index contributed by atoms with van der Waals surface area (Å²) in [6.07, 6.45) is 0. The highest BCUT2D eigenvalue weighted by Gasteiger charge is 2.00. The average Bonchev–Trinajstić information content (AvgIpc) is 1.85. The van der Waals surface area contributed by atoms with Gasteiger partial charge in [-0.05, 0) is 0 Å². The van der Waals surface area contributed by atoms with Gasteiger partial charge in [0.2, 0.25) is 0 Å². The van der Waals surface area contributed by atoms with Gasteiger partial charge in [0.15, 0.2) is 5.56 Å². The fraction of sp³-hybridized carbons (Fsp3) is 1.00. The third-order valence-corrected chi connectivity index (χ3v) is 0.940. The Kier molecular flexibility index (Phi) is 6.41. The number of aliphatic hydroxyl groups excluding tert-OH is 1. The van der Waals surface area contributed by atoms with E-state index in [1.165, 1.54) is 7.11 Å². The molecule has 0 aromatic carbocycles. The van der Waals surface area contributed by atoms with E-state index in [1.54, 1.807) is 0 Å². The van der Waals surface area contributed by atoms with Crippen molar-refractivity contribution in [2.45, 2.75) is 5.56 Å². The molecule has 0 saturated carbocycles. The molecule has 0 bridgehead atoms. The minimum atomic E-state index is -0.442. The Balaban J connectivity index is 2.95. The molecule has 1 atom stereocenters. The lowest BCUT2D eigenvalue weighted by molar-refractivity contribution is 0.0269. The quantitative estimate of drug-likeness (QED) is 0.576. The number of aliphatic hydroxyl groups is 1. The van der Waals surface area contributed by atoms with Crippen LogP contribution >= 0.6 is 11.6 Å². The van der Waals surface area contributed by atoms with Gasteiger partial charge in [-0.25, -0.2) is 0 Å². The van der Waals surface area contributed by atoms with Crippen LogP contribution in [-0.4, -0.2) is 37.6 Å². The molecule has 0 aliphatic heterocycles. The molecule has 0 aliphatic carbocycles. The van der Waals surface area contributed by atoms with Gasteiger partial charge in [-0.2, -0.15) is 0 Å². The summed E-state index contributed by atoms with van der Waals surface area (Å²) in [5.41, 5.74) is -0.442. The van der Waals surface area contributed by atoms with E-state index in [-0.39, 0.29) is 13.2 Å². The minimum Gasteiger partial charge on any atom is -0.394 e. The van der Waals surface area contributed by atoms with E-state index in [0.29, 0.717) is 6.61 Å². The Hall–Kier alpha value is 0.170. The van der Waals surface area contributed by atoms with Crippen LogP contribution in [0.4, 0.5) is 0 Å². The molecule has 0 rings (SSSR count). The van der Waals surface area contributed by atoms with E-state index in [4.69, 9.17) is 21.4 Å². The molecule has 0 spiro atoms. The van der Waals surface area contributed by atoms with Gasteiger partial charge in [0.05, 0.1) is 19.8 Å². The second-order valence-corrected chi connectivity index (χ2v) is 1.95. The normalized spacial score (nSPS) is 13.7. The van der Waals surface area contributed by atoms with Gasteiger partial charge < -0.3 is 14.6 Å². The summed E-state index contributed by atoms with van der Waals surface area (Å²) in [7, 11) is 1.54. The monoisotopic (exact) mass is 154 g/mol. The van der Waals surface area contributed by atoms with Crippen LogP contribution in [0.15, 0.2) is 0 Å². The zero-order valence-electron chi connectivity index (χ0n) is 5.34. The molecule has 9 heavy (non-hydrogen) atoms. The molecule has 0 heterocycles. The number of methoxy groups -OCH3 is 1. The smallest absolute Gasteiger partial charge is 0.154 e. The average molecular weight is 155 g/mol. The third kappa shape index (κ3) is 6.05. The zero-order valence-corrected chi connectivity index (χ0v) is 6.10. The van der Waals surface area contributed by atoms with Crippen LogP contribution in [0.5, 0.6) is 0 Å². The second-order valence-electron chi connectivity index (χ2n) is 1.46. The van der Waals surface area contributed by atoms with E-state index >= 15 is 0 Å². The zero-order chi connectivity index (χ0) is 7.11. The number of hydrogen-bond donors (Lipinski definition) is 1. The molecule has 0 fully saturated rings. The first-order chi connectivity index (χ1) is 4.31. The van der Waals surface area contributed by atoms with E-state index in [2.05, 4.69) is 4.74 Å². The fourth-order valence-electron chi connectivity index (χ4n) is 0.360. The number of rotatable bonds is 5. The van der Waals surface area contributed by atoms with E-state index in [1.807, 2.05) is 0 Å². The summed E-state index contributed by atoms with van der Waals surface area (Å²) >= 11 is 5.50. The predicted octanol–water partition coefficient (Wildman–Crippen LogP) is 0.207. The molecule has 0 aromatic rings. The van der Waals surface area contributed by atoms with Crippen LogP contribution in [0.25, 0.3) is 0 Å². The Bertz CT molecular complexity index is 60.2. The number of ether oxygens (including phenoxy) is 2. The minimum absolute atomic E-state index is 0.00701. The van der Waals surface area contributed by atoms with Crippen molar-refractivity contribution in [3.8, 4) is 0 Å². The van der Waals surface area contributed by atoms with Gasteiger partial charge in [0.25, 0.3) is 0 Å². The summed E-state index contributed by atoms with van der Waals surface area (Å²) in [4.78, 5) is 0. The molecular formula is C5H11ClO3. The van der Waals surface area contributed by atoms with Crippen LogP contribution in [-0.2, 0) is 9.47 Å². The standard InChI is InChI=1S/C5H11ClO3/c1-8-4-5(6)9-3-2-7/h5,7H,2-4H2,1H3. The SMILES string of the molecule is COCC(Cl)OCCO. The van der Waals surface area contributed by atoms with E-state index < -0.39 is 5.56 Å². The van der Waals surface area contributed by atoms with Crippen molar-refractivity contribution < 1.29 is 14.6 Å². The van der Waals surface area contributed by atoms with Crippen molar-refractivity contribution in [3.63, 3.8) is 0 Å². The lowest BCUT2D eigenvalue weighted by atomic mass is 10.7. The maximum atomic E-state index is 8.26. The van der Waals surface area contributed by atoms with Gasteiger partial charge in [0, 0.05) is 7.11 Å². The molecule has 0 aromatic heterocycles. The van der Waals surface area contributed by atoms with Crippen LogP contribution < -0.4 is 0 Å². The lowest BCUT2D eigenvalue weighted by Gasteiger charge is -2.07. The molecule has 0 amide bonds. The second kappa shape index (κ2) is 6.29. The molecule has 4 heteroatoms. The lowest BCUT2D eigenvalue weighted by Crippen LogP contribution is -2.14. The molecule has 0 saturated heterocycles. The summed E-state index contributed by atoms with van der Waals surface area (Å²) in [6.45, 7) is 0.603. The van der Waals surface area contributed by atoms with Crippen LogP contribution in [0.3, 0.4) is 0 Å². The molecular weight excluding hydrogens is 144 g/mol. The number of alkyl halides is 1. The van der Waals surface area contributed by atoms with E-state index in [9.17, 15) is 0 Å². The van der Waals surface area contributed by atoms with Crippen molar-refractivity contribution in [2.75, 3.05) is 26.9 Å². The van der Waals surface area contributed by atoms with Gasteiger partial charge in [-0.3, -0.25) is 0 Å².